The number of hydrogen-bond acceptors (Lipinski definition) is 6. The van der Waals surface area contributed by atoms with Gasteiger partial charge in [-0.3, -0.25) is 10.3 Å². The van der Waals surface area contributed by atoms with Crippen LogP contribution in [0.4, 0.5) is 4.39 Å². The van der Waals surface area contributed by atoms with E-state index in [0.717, 1.165) is 21.4 Å². The van der Waals surface area contributed by atoms with Crippen molar-refractivity contribution in [2.75, 3.05) is 0 Å². The van der Waals surface area contributed by atoms with Crippen molar-refractivity contribution in [1.29, 1.82) is 0 Å². The van der Waals surface area contributed by atoms with Gasteiger partial charge in [-0.2, -0.15) is 5.10 Å². The predicted octanol–water partition coefficient (Wildman–Crippen LogP) is 2.31. The summed E-state index contributed by atoms with van der Waals surface area (Å²) in [5, 5.41) is 20.2. The summed E-state index contributed by atoms with van der Waals surface area (Å²) in [5.74, 6) is 1.17. The molecule has 0 fully saturated rings. The molecule has 3 aliphatic heterocycles. The Morgan fingerprint density at radius 1 is 1.19 bits per heavy atom. The molecule has 0 bridgehead atoms. The average Bonchev–Trinajstić information content (AvgIpc) is 3.34. The Bertz CT molecular complexity index is 1300. The molecule has 0 saturated heterocycles. The van der Waals surface area contributed by atoms with E-state index in [1.807, 2.05) is 23.1 Å². The lowest BCUT2D eigenvalue weighted by atomic mass is 10.0. The number of aromatic nitrogens is 1. The van der Waals surface area contributed by atoms with Crippen molar-refractivity contribution in [2.24, 2.45) is 5.10 Å². The van der Waals surface area contributed by atoms with E-state index in [9.17, 15) is 9.50 Å². The molecule has 8 heteroatoms. The first kappa shape index (κ1) is 15.0. The van der Waals surface area contributed by atoms with E-state index in [0.29, 0.717) is 27.7 Å². The van der Waals surface area contributed by atoms with E-state index < -0.39 is 6.04 Å². The van der Waals surface area contributed by atoms with Crippen molar-refractivity contribution in [3.63, 3.8) is 0 Å². The molecule has 0 unspecified atom stereocenters. The molecule has 4 heterocycles. The number of hydrogen-bond donors (Lipinski definition) is 2. The zero-order valence-electron chi connectivity index (χ0n) is 13.6. The molecule has 0 spiro atoms. The van der Waals surface area contributed by atoms with Crippen LogP contribution in [0.25, 0.3) is 22.8 Å². The maximum Gasteiger partial charge on any atom is 0.211 e. The predicted molar refractivity (Wildman–Crippen MR) is 99.0 cm³/mol. The molecule has 0 saturated carbocycles. The lowest BCUT2D eigenvalue weighted by Gasteiger charge is -2.25. The number of aliphatic hydroxyl groups is 1. The fourth-order valence-corrected chi connectivity index (χ4v) is 4.28. The van der Waals surface area contributed by atoms with Gasteiger partial charge in [0.1, 0.15) is 23.4 Å². The van der Waals surface area contributed by atoms with Crippen LogP contribution < -0.4 is 16.1 Å². The van der Waals surface area contributed by atoms with Crippen LogP contribution in [0.15, 0.2) is 56.6 Å². The highest BCUT2D eigenvalue weighted by molar-refractivity contribution is 9.10. The Hall–Kier alpha value is -3.13. The van der Waals surface area contributed by atoms with Crippen LogP contribution in [-0.4, -0.2) is 21.0 Å². The Morgan fingerprint density at radius 3 is 2.81 bits per heavy atom. The number of nitrogens with zero attached hydrogens (tertiary/aromatic N) is 3. The summed E-state index contributed by atoms with van der Waals surface area (Å²) < 4.78 is 19.7. The third-order valence-corrected chi connectivity index (χ3v) is 5.58. The Balaban J connectivity index is 1.67. The molecule has 2 N–H and O–H groups in total. The van der Waals surface area contributed by atoms with Crippen molar-refractivity contribution in [1.82, 2.24) is 15.5 Å². The highest BCUT2D eigenvalue weighted by Crippen LogP contribution is 2.44. The largest absolute Gasteiger partial charge is 0.506 e. The number of amidine groups is 1. The smallest absolute Gasteiger partial charge is 0.211 e. The van der Waals surface area contributed by atoms with E-state index in [1.54, 1.807) is 12.1 Å². The number of hydrazone groups is 1. The van der Waals surface area contributed by atoms with Gasteiger partial charge in [-0.25, -0.2) is 4.39 Å². The normalized spacial score (nSPS) is 18.8. The number of fused-ring (bicyclic) bond motifs is 4. The van der Waals surface area contributed by atoms with Crippen molar-refractivity contribution in [3.05, 3.63) is 74.5 Å². The molecule has 6 nitrogen and oxygen atoms in total. The Morgan fingerprint density at radius 2 is 2.00 bits per heavy atom. The first-order valence-electron chi connectivity index (χ1n) is 8.25. The van der Waals surface area contributed by atoms with Gasteiger partial charge in [0.15, 0.2) is 11.6 Å². The van der Waals surface area contributed by atoms with Crippen molar-refractivity contribution in [2.45, 2.75) is 6.04 Å². The lowest BCUT2D eigenvalue weighted by Crippen LogP contribution is -2.43. The molecule has 2 aromatic carbocycles. The number of rotatable bonds is 1. The maximum absolute atomic E-state index is 13.3. The molecular formula is C19H10BrFN4O2. The fourth-order valence-electron chi connectivity index (χ4n) is 3.92. The van der Waals surface area contributed by atoms with Crippen LogP contribution in [0.2, 0.25) is 0 Å². The lowest BCUT2D eigenvalue weighted by molar-refractivity contribution is 0.334. The summed E-state index contributed by atoms with van der Waals surface area (Å²) in [6.07, 6.45) is 0. The summed E-state index contributed by atoms with van der Waals surface area (Å²) in [6.45, 7) is 0. The number of halogens is 2. The molecule has 3 aromatic rings. The summed E-state index contributed by atoms with van der Waals surface area (Å²) in [4.78, 5) is 1.94. The van der Waals surface area contributed by atoms with E-state index >= 15 is 0 Å². The molecule has 27 heavy (non-hydrogen) atoms. The van der Waals surface area contributed by atoms with Gasteiger partial charge in [0.25, 0.3) is 0 Å². The second-order valence-corrected chi connectivity index (χ2v) is 7.44. The first-order valence-corrected chi connectivity index (χ1v) is 9.04. The number of nitrogens with one attached hydrogen (secondary N) is 1. The van der Waals surface area contributed by atoms with Crippen molar-refractivity contribution < 1.29 is 14.0 Å². The monoisotopic (exact) mass is 424 g/mol. The second-order valence-electron chi connectivity index (χ2n) is 6.53. The third kappa shape index (κ3) is 1.83. The quantitative estimate of drug-likeness (QED) is 0.626. The van der Waals surface area contributed by atoms with Gasteiger partial charge in [-0.1, -0.05) is 27.2 Å². The van der Waals surface area contributed by atoms with Gasteiger partial charge in [0, 0.05) is 15.6 Å². The molecule has 1 aromatic heterocycles. The van der Waals surface area contributed by atoms with Crippen molar-refractivity contribution in [3.8, 4) is 11.3 Å². The summed E-state index contributed by atoms with van der Waals surface area (Å²) in [5.41, 5.74) is 6.44. The molecule has 6 rings (SSSR count). The Kier molecular flexibility index (Phi) is 2.76. The SMILES string of the molecule is OC1=c2onc(-c3ccc(F)cc3)c2=C2NN=C3c4cc(Br)ccc4[C@H]1N32. The standard InChI is InChI=1S/C19H10BrFN4O2/c20-9-3-6-11-12(7-9)18-22-23-19-13-14(8-1-4-10(21)5-2-8)24-27-17(13)16(26)15(11)25(18)19/h1-7,15,23,26H/t15-/m1/s1. The minimum Gasteiger partial charge on any atom is -0.506 e. The van der Waals surface area contributed by atoms with Crippen LogP contribution in [-0.2, 0) is 0 Å². The summed E-state index contributed by atoms with van der Waals surface area (Å²) in [6, 6.07) is 11.4. The van der Waals surface area contributed by atoms with Gasteiger partial charge in [-0.15, -0.1) is 0 Å². The maximum atomic E-state index is 13.3. The van der Waals surface area contributed by atoms with Crippen LogP contribution >= 0.6 is 15.9 Å². The average molecular weight is 425 g/mol. The second kappa shape index (κ2) is 4.98. The first-order chi connectivity index (χ1) is 13.1. The molecule has 3 aliphatic rings. The molecule has 132 valence electrons. The Labute approximate surface area is 160 Å². The summed E-state index contributed by atoms with van der Waals surface area (Å²) in [7, 11) is 0. The van der Waals surface area contributed by atoms with Crippen LogP contribution in [0.1, 0.15) is 17.2 Å². The van der Waals surface area contributed by atoms with Crippen LogP contribution in [0, 0.1) is 5.82 Å². The molecular weight excluding hydrogens is 415 g/mol. The van der Waals surface area contributed by atoms with E-state index in [2.05, 4.69) is 31.6 Å². The minimum atomic E-state index is -0.418. The van der Waals surface area contributed by atoms with Gasteiger partial charge >= 0.3 is 0 Å². The van der Waals surface area contributed by atoms with E-state index in [1.165, 1.54) is 12.1 Å². The van der Waals surface area contributed by atoms with Gasteiger partial charge < -0.3 is 9.63 Å². The highest BCUT2D eigenvalue weighted by atomic mass is 79.9. The third-order valence-electron chi connectivity index (χ3n) is 5.08. The van der Waals surface area contributed by atoms with E-state index in [-0.39, 0.29) is 11.6 Å². The van der Waals surface area contributed by atoms with Gasteiger partial charge in [-0.05, 0) is 42.0 Å². The van der Waals surface area contributed by atoms with Gasteiger partial charge in [0.05, 0.1) is 5.22 Å². The van der Waals surface area contributed by atoms with E-state index in [4.69, 9.17) is 4.52 Å². The zero-order valence-corrected chi connectivity index (χ0v) is 15.2. The number of benzene rings is 2. The highest BCUT2D eigenvalue weighted by Gasteiger charge is 2.46. The van der Waals surface area contributed by atoms with Crippen molar-refractivity contribution >= 4 is 33.3 Å². The fraction of sp³-hybridized carbons (Fsp3) is 0.0526. The molecule has 0 amide bonds. The van der Waals surface area contributed by atoms with Gasteiger partial charge in [0.2, 0.25) is 5.42 Å². The topological polar surface area (TPSA) is 73.9 Å². The molecule has 0 aliphatic carbocycles. The molecule has 0 radical (unpaired) electrons. The summed E-state index contributed by atoms with van der Waals surface area (Å²) >= 11 is 3.49. The molecule has 1 atom stereocenters. The van der Waals surface area contributed by atoms with Crippen LogP contribution in [0.3, 0.4) is 0 Å². The zero-order chi connectivity index (χ0) is 18.3. The van der Waals surface area contributed by atoms with Crippen LogP contribution in [0.5, 0.6) is 0 Å². The minimum absolute atomic E-state index is 0.0760. The number of aliphatic hydroxyl groups excluding tert-OH is 1.